The minimum absolute atomic E-state index is 0.0313. The second-order valence-electron chi connectivity index (χ2n) is 9.94. The third-order valence-corrected chi connectivity index (χ3v) is 8.84. The third kappa shape index (κ3) is 7.39. The summed E-state index contributed by atoms with van der Waals surface area (Å²) in [6, 6.07) is 8.24. The first kappa shape index (κ1) is 29.1. The number of piperidine rings is 1. The summed E-state index contributed by atoms with van der Waals surface area (Å²) < 4.78 is 51.9. The van der Waals surface area contributed by atoms with E-state index >= 15 is 0 Å². The van der Waals surface area contributed by atoms with Crippen molar-refractivity contribution >= 4 is 39.1 Å². The van der Waals surface area contributed by atoms with Crippen LogP contribution in [0.15, 0.2) is 30.3 Å². The number of methoxy groups -OCH3 is 1. The summed E-state index contributed by atoms with van der Waals surface area (Å²) >= 11 is 12.5. The van der Waals surface area contributed by atoms with E-state index in [-0.39, 0.29) is 29.2 Å². The summed E-state index contributed by atoms with van der Waals surface area (Å²) in [5.41, 5.74) is 1.48. The average molecular weight is 588 g/mol. The van der Waals surface area contributed by atoms with Crippen molar-refractivity contribution in [3.8, 4) is 5.75 Å². The second kappa shape index (κ2) is 12.5. The first-order valence-corrected chi connectivity index (χ1v) is 15.2. The number of nitrogens with zero attached hydrogens (tertiary/aromatic N) is 1. The molecule has 1 heterocycles. The molecule has 1 saturated carbocycles. The van der Waals surface area contributed by atoms with E-state index in [0.717, 1.165) is 49.9 Å². The van der Waals surface area contributed by atoms with Gasteiger partial charge in [0.05, 0.1) is 30.6 Å². The predicted molar refractivity (Wildman–Crippen MR) is 146 cm³/mol. The second-order valence-corrected chi connectivity index (χ2v) is 12.8. The third-order valence-electron chi connectivity index (χ3n) is 7.15. The lowest BCUT2D eigenvalue weighted by Crippen LogP contribution is -2.39. The van der Waals surface area contributed by atoms with E-state index in [1.54, 1.807) is 13.2 Å². The SMILES string of the molecule is CCS(=O)(=O)NC(=O)c1cc(C2CC2)c(OCC2CCN([C@H](COC)c3cc(Cl)cc(Cl)c3)CC2)cc1F. The molecule has 1 saturated heterocycles. The number of carbonyl (C=O) groups is 1. The molecule has 2 aromatic rings. The normalized spacial score (nSPS) is 17.8. The number of rotatable bonds is 11. The summed E-state index contributed by atoms with van der Waals surface area (Å²) in [7, 11) is -2.12. The Bertz CT molecular complexity index is 1240. The Hall–Kier alpha value is -1.91. The van der Waals surface area contributed by atoms with Crippen molar-refractivity contribution in [1.29, 1.82) is 0 Å². The summed E-state index contributed by atoms with van der Waals surface area (Å²) in [5, 5.41) is 1.18. The highest BCUT2D eigenvalue weighted by molar-refractivity contribution is 7.90. The van der Waals surface area contributed by atoms with Gasteiger partial charge in [-0.1, -0.05) is 23.2 Å². The highest BCUT2D eigenvalue weighted by atomic mass is 35.5. The Morgan fingerprint density at radius 2 is 1.76 bits per heavy atom. The van der Waals surface area contributed by atoms with Crippen molar-refractivity contribution in [2.24, 2.45) is 5.92 Å². The van der Waals surface area contributed by atoms with Gasteiger partial charge >= 0.3 is 0 Å². The molecule has 0 bridgehead atoms. The number of halogens is 3. The van der Waals surface area contributed by atoms with Crippen molar-refractivity contribution in [2.75, 3.05) is 39.2 Å². The van der Waals surface area contributed by atoms with Crippen LogP contribution in [0.2, 0.25) is 10.0 Å². The smallest absolute Gasteiger partial charge is 0.267 e. The van der Waals surface area contributed by atoms with E-state index in [2.05, 4.69) is 4.90 Å². The van der Waals surface area contributed by atoms with Crippen LogP contribution in [-0.2, 0) is 14.8 Å². The van der Waals surface area contributed by atoms with Crippen molar-refractivity contribution in [3.05, 3.63) is 62.9 Å². The molecule has 1 aliphatic heterocycles. The van der Waals surface area contributed by atoms with Crippen molar-refractivity contribution < 1.29 is 27.1 Å². The Morgan fingerprint density at radius 1 is 1.11 bits per heavy atom. The molecule has 4 rings (SSSR count). The fraction of sp³-hybridized carbons (Fsp3) is 0.519. The molecule has 38 heavy (non-hydrogen) atoms. The van der Waals surface area contributed by atoms with Crippen LogP contribution < -0.4 is 9.46 Å². The molecule has 1 amide bonds. The first-order chi connectivity index (χ1) is 18.1. The quantitative estimate of drug-likeness (QED) is 0.370. The largest absolute Gasteiger partial charge is 0.493 e. The van der Waals surface area contributed by atoms with Gasteiger partial charge in [-0.05, 0) is 92.9 Å². The van der Waals surface area contributed by atoms with E-state index < -0.39 is 21.7 Å². The van der Waals surface area contributed by atoms with Gasteiger partial charge in [0, 0.05) is 23.2 Å². The minimum atomic E-state index is -3.80. The maximum Gasteiger partial charge on any atom is 0.267 e. The molecule has 208 valence electrons. The van der Waals surface area contributed by atoms with Gasteiger partial charge in [-0.3, -0.25) is 9.69 Å². The molecule has 1 atom stereocenters. The predicted octanol–water partition coefficient (Wildman–Crippen LogP) is 5.57. The molecular weight excluding hydrogens is 554 g/mol. The Morgan fingerprint density at radius 3 is 2.34 bits per heavy atom. The van der Waals surface area contributed by atoms with E-state index in [9.17, 15) is 17.6 Å². The Labute approximate surface area is 233 Å². The van der Waals surface area contributed by atoms with Gasteiger partial charge in [0.15, 0.2) is 0 Å². The summed E-state index contributed by atoms with van der Waals surface area (Å²) in [4.78, 5) is 14.8. The molecular formula is C27H33Cl2FN2O5S. The Kier molecular flexibility index (Phi) is 9.58. The van der Waals surface area contributed by atoms with Gasteiger partial charge < -0.3 is 9.47 Å². The molecule has 1 aliphatic carbocycles. The molecule has 7 nitrogen and oxygen atoms in total. The number of benzene rings is 2. The number of ether oxygens (including phenoxy) is 2. The highest BCUT2D eigenvalue weighted by Crippen LogP contribution is 2.45. The monoisotopic (exact) mass is 586 g/mol. The molecule has 11 heteroatoms. The van der Waals surface area contributed by atoms with Crippen LogP contribution >= 0.6 is 23.2 Å². The first-order valence-electron chi connectivity index (χ1n) is 12.8. The number of nitrogens with one attached hydrogen (secondary N) is 1. The number of hydrogen-bond donors (Lipinski definition) is 1. The van der Waals surface area contributed by atoms with E-state index in [1.807, 2.05) is 16.9 Å². The van der Waals surface area contributed by atoms with Crippen LogP contribution in [0.1, 0.15) is 66.1 Å². The van der Waals surface area contributed by atoms with Crippen LogP contribution in [0.4, 0.5) is 4.39 Å². The van der Waals surface area contributed by atoms with Crippen LogP contribution in [-0.4, -0.2) is 58.4 Å². The zero-order valence-corrected chi connectivity index (χ0v) is 23.8. The number of carbonyl (C=O) groups excluding carboxylic acids is 1. The molecule has 0 radical (unpaired) electrons. The highest BCUT2D eigenvalue weighted by Gasteiger charge is 2.31. The summed E-state index contributed by atoms with van der Waals surface area (Å²) in [5.74, 6) is -1.14. The van der Waals surface area contributed by atoms with Gasteiger partial charge in [-0.25, -0.2) is 17.5 Å². The van der Waals surface area contributed by atoms with Gasteiger partial charge in [0.25, 0.3) is 5.91 Å². The number of likely N-dealkylation sites (tertiary alicyclic amines) is 1. The zero-order valence-electron chi connectivity index (χ0n) is 21.5. The van der Waals surface area contributed by atoms with E-state index in [4.69, 9.17) is 32.7 Å². The van der Waals surface area contributed by atoms with Gasteiger partial charge in [-0.2, -0.15) is 0 Å². The fourth-order valence-electron chi connectivity index (χ4n) is 4.83. The van der Waals surface area contributed by atoms with Crippen molar-refractivity contribution in [1.82, 2.24) is 9.62 Å². The lowest BCUT2D eigenvalue weighted by atomic mass is 9.95. The summed E-state index contributed by atoms with van der Waals surface area (Å²) in [6.45, 7) is 4.03. The van der Waals surface area contributed by atoms with Crippen molar-refractivity contribution in [3.63, 3.8) is 0 Å². The van der Waals surface area contributed by atoms with E-state index in [1.165, 1.54) is 19.1 Å². The molecule has 1 N–H and O–H groups in total. The van der Waals surface area contributed by atoms with Crippen LogP contribution in [0.25, 0.3) is 0 Å². The van der Waals surface area contributed by atoms with Gasteiger partial charge in [0.1, 0.15) is 11.6 Å². The molecule has 2 aromatic carbocycles. The minimum Gasteiger partial charge on any atom is -0.493 e. The standard InChI is InChI=1S/C27H33Cl2FN2O5S/c1-3-38(34,35)31-27(33)23-13-22(18-4-5-18)26(14-24(23)30)37-15-17-6-8-32(9-7-17)25(16-36-2)19-10-20(28)12-21(29)11-19/h10-14,17-18,25H,3-9,15-16H2,1-2H3,(H,31,33)/t25-/m1/s1. The number of hydrogen-bond acceptors (Lipinski definition) is 6. The summed E-state index contributed by atoms with van der Waals surface area (Å²) in [6.07, 6.45) is 3.63. The topological polar surface area (TPSA) is 84.9 Å². The molecule has 2 fully saturated rings. The van der Waals surface area contributed by atoms with Crippen LogP contribution in [0.5, 0.6) is 5.75 Å². The van der Waals surface area contributed by atoms with Gasteiger partial charge in [-0.15, -0.1) is 0 Å². The Balaban J connectivity index is 1.40. The lowest BCUT2D eigenvalue weighted by Gasteiger charge is -2.37. The van der Waals surface area contributed by atoms with Crippen LogP contribution in [0, 0.1) is 11.7 Å². The molecule has 0 unspecified atom stereocenters. The van der Waals surface area contributed by atoms with Crippen molar-refractivity contribution in [2.45, 2.75) is 44.6 Å². The zero-order chi connectivity index (χ0) is 27.4. The molecule has 0 aromatic heterocycles. The maximum atomic E-state index is 14.9. The average Bonchev–Trinajstić information content (AvgIpc) is 3.71. The maximum absolute atomic E-state index is 14.9. The number of amides is 1. The van der Waals surface area contributed by atoms with Gasteiger partial charge in [0.2, 0.25) is 10.0 Å². The lowest BCUT2D eigenvalue weighted by molar-refractivity contribution is 0.0556. The number of sulfonamides is 1. The fourth-order valence-corrected chi connectivity index (χ4v) is 5.91. The van der Waals surface area contributed by atoms with Crippen LogP contribution in [0.3, 0.4) is 0 Å². The molecule has 0 spiro atoms. The van der Waals surface area contributed by atoms with E-state index in [0.29, 0.717) is 29.0 Å². The molecule has 2 aliphatic rings.